The molecule has 174 valence electrons. The fourth-order valence-corrected chi connectivity index (χ4v) is 5.84. The zero-order chi connectivity index (χ0) is 23.5. The van der Waals surface area contributed by atoms with E-state index < -0.39 is 0 Å². The first-order valence-electron chi connectivity index (χ1n) is 10.2. The third-order valence-electron chi connectivity index (χ3n) is 4.87. The Morgan fingerprint density at radius 3 is 2.82 bits per heavy atom. The molecule has 0 saturated carbocycles. The summed E-state index contributed by atoms with van der Waals surface area (Å²) in [6.45, 7) is 1.59. The molecular weight excluding hydrogens is 610 g/mol. The molecule has 34 heavy (non-hydrogen) atoms. The van der Waals surface area contributed by atoms with Gasteiger partial charge >= 0.3 is 0 Å². The molecule has 0 aliphatic carbocycles. The fourth-order valence-electron chi connectivity index (χ4n) is 3.31. The Labute approximate surface area is 220 Å². The molecule has 0 bridgehead atoms. The van der Waals surface area contributed by atoms with Crippen molar-refractivity contribution in [2.45, 2.75) is 19.5 Å². The van der Waals surface area contributed by atoms with Gasteiger partial charge in [0.1, 0.15) is 28.2 Å². The molecule has 3 N–H and O–H groups in total. The standard InChI is InChI=1S/C21H17ClFIN8S2/c22-15-4-3-14(33-15)17-13(30-21(24)32-17)8-25-7-5-16-31-18-19(28-10-29-20(18)34-16)27-9-12-11(23)2-1-6-26-12/h1-4,6,10,25H,5,7-9H2,(H,30,32)(H,27,28,29). The van der Waals surface area contributed by atoms with Crippen molar-refractivity contribution in [3.63, 3.8) is 0 Å². The van der Waals surface area contributed by atoms with Gasteiger partial charge in [0.2, 0.25) is 0 Å². The van der Waals surface area contributed by atoms with E-state index in [1.807, 2.05) is 12.1 Å². The first kappa shape index (κ1) is 23.5. The van der Waals surface area contributed by atoms with Crippen molar-refractivity contribution >= 4 is 73.0 Å². The number of pyridine rings is 1. The number of anilines is 1. The summed E-state index contributed by atoms with van der Waals surface area (Å²) < 4.78 is 15.4. The molecule has 5 aromatic heterocycles. The van der Waals surface area contributed by atoms with E-state index in [1.165, 1.54) is 35.1 Å². The molecule has 0 aromatic carbocycles. The SMILES string of the molecule is Fc1cccnc1CNc1ncnc2sc(CCNCc3[nH]c(I)nc3-c3ccc(Cl)s3)nc12. The minimum absolute atomic E-state index is 0.216. The molecule has 0 amide bonds. The van der Waals surface area contributed by atoms with Crippen LogP contribution in [0.2, 0.25) is 4.34 Å². The first-order chi connectivity index (χ1) is 16.6. The number of H-pyrrole nitrogens is 1. The molecule has 0 aliphatic rings. The molecule has 0 saturated heterocycles. The second kappa shape index (κ2) is 10.6. The molecule has 13 heteroatoms. The minimum Gasteiger partial charge on any atom is -0.362 e. The molecule has 0 unspecified atom stereocenters. The van der Waals surface area contributed by atoms with E-state index in [2.05, 4.69) is 58.1 Å². The number of halogens is 3. The van der Waals surface area contributed by atoms with Crippen LogP contribution in [-0.2, 0) is 19.5 Å². The van der Waals surface area contributed by atoms with Gasteiger partial charge in [-0.2, -0.15) is 0 Å². The van der Waals surface area contributed by atoms with Crippen LogP contribution in [0.3, 0.4) is 0 Å². The second-order valence-electron chi connectivity index (χ2n) is 7.15. The number of thiophene rings is 1. The molecule has 0 aliphatic heterocycles. The number of imidazole rings is 1. The van der Waals surface area contributed by atoms with Gasteiger partial charge in [-0.25, -0.2) is 24.3 Å². The van der Waals surface area contributed by atoms with E-state index in [-0.39, 0.29) is 12.4 Å². The topological polar surface area (TPSA) is 104 Å². The number of hydrogen-bond acceptors (Lipinski definition) is 9. The lowest BCUT2D eigenvalue weighted by atomic mass is 10.2. The molecule has 0 atom stereocenters. The van der Waals surface area contributed by atoms with Crippen molar-refractivity contribution in [2.24, 2.45) is 0 Å². The van der Waals surface area contributed by atoms with Crippen LogP contribution in [0.25, 0.3) is 20.9 Å². The van der Waals surface area contributed by atoms with Crippen LogP contribution in [-0.4, -0.2) is 36.4 Å². The Morgan fingerprint density at radius 2 is 2.00 bits per heavy atom. The highest BCUT2D eigenvalue weighted by Gasteiger charge is 2.14. The molecule has 0 spiro atoms. The molecule has 5 heterocycles. The molecule has 0 radical (unpaired) electrons. The Morgan fingerprint density at radius 1 is 1.09 bits per heavy atom. The minimum atomic E-state index is -0.359. The average molecular weight is 627 g/mol. The van der Waals surface area contributed by atoms with Gasteiger partial charge in [-0.1, -0.05) is 22.9 Å². The summed E-state index contributed by atoms with van der Waals surface area (Å²) in [6, 6.07) is 6.81. The van der Waals surface area contributed by atoms with Crippen molar-refractivity contribution in [3.05, 3.63) is 67.2 Å². The number of hydrogen-bond donors (Lipinski definition) is 3. The average Bonchev–Trinajstić information content (AvgIpc) is 3.54. The highest BCUT2D eigenvalue weighted by atomic mass is 127. The van der Waals surface area contributed by atoms with Gasteiger partial charge in [-0.3, -0.25) is 4.98 Å². The van der Waals surface area contributed by atoms with Gasteiger partial charge in [0, 0.05) is 25.7 Å². The van der Waals surface area contributed by atoms with Crippen LogP contribution >= 0.6 is 56.9 Å². The zero-order valence-electron chi connectivity index (χ0n) is 17.5. The quantitative estimate of drug-likeness (QED) is 0.151. The van der Waals surface area contributed by atoms with Gasteiger partial charge in [-0.15, -0.1) is 11.3 Å². The third-order valence-corrected chi connectivity index (χ3v) is 7.64. The summed E-state index contributed by atoms with van der Waals surface area (Å²) in [5.74, 6) is 0.208. The third kappa shape index (κ3) is 5.35. The van der Waals surface area contributed by atoms with Crippen molar-refractivity contribution in [1.82, 2.24) is 35.2 Å². The summed E-state index contributed by atoms with van der Waals surface area (Å²) in [4.78, 5) is 27.1. The Balaban J connectivity index is 1.21. The van der Waals surface area contributed by atoms with Crippen LogP contribution in [0, 0.1) is 9.65 Å². The highest BCUT2D eigenvalue weighted by Crippen LogP contribution is 2.32. The number of thiazole rings is 1. The summed E-state index contributed by atoms with van der Waals surface area (Å²) >= 11 is 11.3. The molecule has 0 fully saturated rings. The largest absolute Gasteiger partial charge is 0.362 e. The van der Waals surface area contributed by atoms with E-state index in [0.29, 0.717) is 23.6 Å². The van der Waals surface area contributed by atoms with Crippen molar-refractivity contribution in [3.8, 4) is 10.6 Å². The highest BCUT2D eigenvalue weighted by molar-refractivity contribution is 14.1. The van der Waals surface area contributed by atoms with E-state index in [0.717, 1.165) is 47.2 Å². The molecule has 5 rings (SSSR count). The summed E-state index contributed by atoms with van der Waals surface area (Å²) in [7, 11) is 0. The number of nitrogens with zero attached hydrogens (tertiary/aromatic N) is 5. The maximum atomic E-state index is 13.9. The number of aromatic nitrogens is 6. The van der Waals surface area contributed by atoms with Crippen LogP contribution in [0.5, 0.6) is 0 Å². The monoisotopic (exact) mass is 626 g/mol. The number of aromatic amines is 1. The maximum Gasteiger partial charge on any atom is 0.169 e. The van der Waals surface area contributed by atoms with Gasteiger partial charge < -0.3 is 15.6 Å². The van der Waals surface area contributed by atoms with Crippen molar-refractivity contribution in [2.75, 3.05) is 11.9 Å². The lowest BCUT2D eigenvalue weighted by Gasteiger charge is -2.05. The van der Waals surface area contributed by atoms with Crippen LogP contribution in [0.1, 0.15) is 16.4 Å². The molecule has 8 nitrogen and oxygen atoms in total. The fraction of sp³-hybridized carbons (Fsp3) is 0.190. The maximum absolute atomic E-state index is 13.9. The lowest BCUT2D eigenvalue weighted by molar-refractivity contribution is 0.602. The second-order valence-corrected chi connectivity index (χ2v) is 11.0. The van der Waals surface area contributed by atoms with Crippen molar-refractivity contribution in [1.29, 1.82) is 0 Å². The summed E-state index contributed by atoms with van der Waals surface area (Å²) in [5, 5.41) is 7.53. The van der Waals surface area contributed by atoms with Gasteiger partial charge in [0.25, 0.3) is 0 Å². The lowest BCUT2D eigenvalue weighted by Crippen LogP contribution is -2.17. The van der Waals surface area contributed by atoms with Gasteiger partial charge in [-0.05, 0) is 46.9 Å². The van der Waals surface area contributed by atoms with Crippen molar-refractivity contribution < 1.29 is 4.39 Å². The normalized spacial score (nSPS) is 11.4. The van der Waals surface area contributed by atoms with E-state index in [1.54, 1.807) is 12.3 Å². The van der Waals surface area contributed by atoms with Gasteiger partial charge in [0.05, 0.1) is 32.2 Å². The zero-order valence-corrected chi connectivity index (χ0v) is 22.0. The summed E-state index contributed by atoms with van der Waals surface area (Å²) in [6.07, 6.45) is 3.78. The molecule has 5 aromatic rings. The summed E-state index contributed by atoms with van der Waals surface area (Å²) in [5.41, 5.74) is 2.95. The Hall–Kier alpha value is -2.26. The molecular formula is C21H17ClFIN8S2. The van der Waals surface area contributed by atoms with Crippen LogP contribution in [0.15, 0.2) is 36.8 Å². The Bertz CT molecular complexity index is 1440. The van der Waals surface area contributed by atoms with Crippen LogP contribution < -0.4 is 10.6 Å². The van der Waals surface area contributed by atoms with E-state index in [9.17, 15) is 4.39 Å². The van der Waals surface area contributed by atoms with E-state index in [4.69, 9.17) is 16.6 Å². The van der Waals surface area contributed by atoms with Gasteiger partial charge in [0.15, 0.2) is 9.65 Å². The Kier molecular flexibility index (Phi) is 7.29. The number of nitrogens with one attached hydrogen (secondary N) is 3. The number of rotatable bonds is 9. The van der Waals surface area contributed by atoms with E-state index >= 15 is 0 Å². The number of fused-ring (bicyclic) bond motifs is 1. The smallest absolute Gasteiger partial charge is 0.169 e. The first-order valence-corrected chi connectivity index (χ1v) is 13.3. The van der Waals surface area contributed by atoms with Crippen LogP contribution in [0.4, 0.5) is 10.2 Å². The predicted molar refractivity (Wildman–Crippen MR) is 142 cm³/mol. The predicted octanol–water partition coefficient (Wildman–Crippen LogP) is 5.27.